The Morgan fingerprint density at radius 3 is 2.64 bits per heavy atom. The number of thiocarbonyl (C=S) groups is 1. The zero-order valence-corrected chi connectivity index (χ0v) is 15.5. The smallest absolute Gasteiger partial charge is 0.161 e. The van der Waals surface area contributed by atoms with Gasteiger partial charge in [0.1, 0.15) is 10.4 Å². The fourth-order valence-electron chi connectivity index (χ4n) is 4.10. The number of nitrogens with zero attached hydrogens (tertiary/aromatic N) is 1. The van der Waals surface area contributed by atoms with Crippen LogP contribution in [0.5, 0.6) is 0 Å². The minimum absolute atomic E-state index is 0.106. The third-order valence-electron chi connectivity index (χ3n) is 5.17. The van der Waals surface area contributed by atoms with Gasteiger partial charge in [-0.25, -0.2) is 0 Å². The van der Waals surface area contributed by atoms with E-state index in [1.165, 1.54) is 0 Å². The minimum atomic E-state index is -0.978. The number of nitrogens with one attached hydrogen (secondary N) is 1. The van der Waals surface area contributed by atoms with E-state index >= 15 is 0 Å². The number of allylic oxidation sites excluding steroid dienone is 3. The fraction of sp³-hybridized carbons (Fsp3) is 0.381. The Morgan fingerprint density at radius 2 is 2.04 bits per heavy atom. The second-order valence-electron chi connectivity index (χ2n) is 7.71. The Kier molecular flexibility index (Phi) is 4.38. The van der Waals surface area contributed by atoms with Crippen molar-refractivity contribution in [2.45, 2.75) is 39.0 Å². The molecule has 0 saturated heterocycles. The molecule has 0 bridgehead atoms. The lowest BCUT2D eigenvalue weighted by Crippen LogP contribution is -2.51. The monoisotopic (exact) mass is 350 g/mol. The number of carbonyl (C=O) groups is 1. The van der Waals surface area contributed by atoms with Gasteiger partial charge in [0.25, 0.3) is 0 Å². The van der Waals surface area contributed by atoms with Gasteiger partial charge in [0.2, 0.25) is 0 Å². The highest BCUT2D eigenvalue weighted by atomic mass is 32.1. The predicted octanol–water partition coefficient (Wildman–Crippen LogP) is 4.43. The molecule has 1 aliphatic heterocycles. The highest BCUT2D eigenvalue weighted by Gasteiger charge is 2.52. The Hall–Kier alpha value is -2.25. The van der Waals surface area contributed by atoms with Gasteiger partial charge in [0, 0.05) is 23.6 Å². The molecule has 1 heterocycles. The summed E-state index contributed by atoms with van der Waals surface area (Å²) in [6.45, 7) is 8.00. The molecular weight excluding hydrogens is 328 g/mol. The molecule has 128 valence electrons. The van der Waals surface area contributed by atoms with Crippen LogP contribution in [-0.4, -0.2) is 10.8 Å². The zero-order chi connectivity index (χ0) is 18.2. The van der Waals surface area contributed by atoms with Crippen LogP contribution in [-0.2, 0) is 4.79 Å². The summed E-state index contributed by atoms with van der Waals surface area (Å²) in [4.78, 5) is 13.6. The lowest BCUT2D eigenvalue weighted by Gasteiger charge is -2.46. The molecule has 0 radical (unpaired) electrons. The number of hydrogen-bond donors (Lipinski definition) is 1. The van der Waals surface area contributed by atoms with E-state index in [0.717, 1.165) is 23.3 Å². The number of rotatable bonds is 3. The van der Waals surface area contributed by atoms with Gasteiger partial charge in [-0.15, -0.1) is 6.58 Å². The van der Waals surface area contributed by atoms with Crippen LogP contribution < -0.4 is 5.32 Å². The SMILES string of the molecule is C=CC[C@]1(C#N)C(=S)NC2=C(C(=O)CC(C)(C)C2)[C@@H]1c1ccccc1. The molecule has 0 fully saturated rings. The summed E-state index contributed by atoms with van der Waals surface area (Å²) in [6, 6.07) is 12.2. The molecule has 3 nitrogen and oxygen atoms in total. The Balaban J connectivity index is 2.27. The van der Waals surface area contributed by atoms with Crippen molar-refractivity contribution in [1.29, 1.82) is 5.26 Å². The molecular formula is C21H22N2OS. The third-order valence-corrected chi connectivity index (χ3v) is 5.64. The van der Waals surface area contributed by atoms with Gasteiger partial charge in [-0.1, -0.05) is 62.5 Å². The van der Waals surface area contributed by atoms with Crippen molar-refractivity contribution in [2.75, 3.05) is 0 Å². The molecule has 0 spiro atoms. The van der Waals surface area contributed by atoms with E-state index in [1.807, 2.05) is 30.3 Å². The van der Waals surface area contributed by atoms with Crippen molar-refractivity contribution >= 4 is 23.0 Å². The van der Waals surface area contributed by atoms with E-state index in [0.29, 0.717) is 17.8 Å². The standard InChI is InChI=1S/C21H22N2OS/c1-4-10-21(13-22)18(14-8-6-5-7-9-14)17-15(23-19(21)25)11-20(2,3)12-16(17)24/h4-9,18H,1,10-12H2,2-3H3,(H,23,25)/t18-,21+/m0/s1. The van der Waals surface area contributed by atoms with Gasteiger partial charge in [-0.2, -0.15) is 5.26 Å². The summed E-state index contributed by atoms with van der Waals surface area (Å²) in [5, 5.41) is 13.3. The van der Waals surface area contributed by atoms with Crippen LogP contribution in [0.3, 0.4) is 0 Å². The number of carbonyl (C=O) groups excluding carboxylic acids is 1. The van der Waals surface area contributed by atoms with Crippen LogP contribution in [0.4, 0.5) is 0 Å². The van der Waals surface area contributed by atoms with E-state index in [-0.39, 0.29) is 17.1 Å². The molecule has 3 rings (SSSR count). The van der Waals surface area contributed by atoms with Crippen LogP contribution in [0, 0.1) is 22.2 Å². The Bertz CT molecular complexity index is 816. The number of hydrogen-bond acceptors (Lipinski definition) is 3. The minimum Gasteiger partial charge on any atom is -0.352 e. The van der Waals surface area contributed by atoms with E-state index in [9.17, 15) is 10.1 Å². The van der Waals surface area contributed by atoms with Crippen molar-refractivity contribution in [3.05, 3.63) is 59.8 Å². The highest BCUT2D eigenvalue weighted by Crippen LogP contribution is 2.52. The van der Waals surface area contributed by atoms with Gasteiger partial charge in [0.05, 0.1) is 6.07 Å². The average molecular weight is 350 g/mol. The number of nitriles is 1. The largest absolute Gasteiger partial charge is 0.352 e. The summed E-state index contributed by atoms with van der Waals surface area (Å²) in [5.74, 6) is -0.247. The lowest BCUT2D eigenvalue weighted by atomic mass is 9.60. The van der Waals surface area contributed by atoms with Crippen LogP contribution in [0.2, 0.25) is 0 Å². The highest BCUT2D eigenvalue weighted by molar-refractivity contribution is 7.80. The maximum atomic E-state index is 13.1. The van der Waals surface area contributed by atoms with Gasteiger partial charge in [-0.3, -0.25) is 4.79 Å². The van der Waals surface area contributed by atoms with E-state index in [1.54, 1.807) is 6.08 Å². The van der Waals surface area contributed by atoms with Crippen molar-refractivity contribution in [3.8, 4) is 6.07 Å². The molecule has 0 aromatic heterocycles. The molecule has 1 aromatic carbocycles. The zero-order valence-electron chi connectivity index (χ0n) is 14.6. The summed E-state index contributed by atoms with van der Waals surface area (Å²) in [7, 11) is 0. The first-order valence-electron chi connectivity index (χ1n) is 8.49. The van der Waals surface area contributed by atoms with Crippen LogP contribution in [0.25, 0.3) is 0 Å². The predicted molar refractivity (Wildman–Crippen MR) is 103 cm³/mol. The molecule has 2 aliphatic rings. The number of benzene rings is 1. The quantitative estimate of drug-likeness (QED) is 0.647. The molecule has 25 heavy (non-hydrogen) atoms. The Morgan fingerprint density at radius 1 is 1.36 bits per heavy atom. The maximum Gasteiger partial charge on any atom is 0.161 e. The van der Waals surface area contributed by atoms with Crippen molar-refractivity contribution in [1.82, 2.24) is 5.32 Å². The summed E-state index contributed by atoms with van der Waals surface area (Å²) < 4.78 is 0. The lowest BCUT2D eigenvalue weighted by molar-refractivity contribution is -0.118. The van der Waals surface area contributed by atoms with Crippen LogP contribution in [0.1, 0.15) is 44.6 Å². The fourth-order valence-corrected chi connectivity index (χ4v) is 4.47. The second kappa shape index (κ2) is 6.24. The van der Waals surface area contributed by atoms with E-state index in [2.05, 4.69) is 31.8 Å². The van der Waals surface area contributed by atoms with E-state index < -0.39 is 5.41 Å². The van der Waals surface area contributed by atoms with Crippen LogP contribution >= 0.6 is 12.2 Å². The van der Waals surface area contributed by atoms with E-state index in [4.69, 9.17) is 12.2 Å². The van der Waals surface area contributed by atoms with Gasteiger partial charge in [0.15, 0.2) is 5.78 Å². The summed E-state index contributed by atoms with van der Waals surface area (Å²) >= 11 is 5.64. The Labute approximate surface area is 154 Å². The molecule has 0 amide bonds. The number of ketones is 1. The third kappa shape index (κ3) is 2.83. The first kappa shape index (κ1) is 17.6. The van der Waals surface area contributed by atoms with Gasteiger partial charge in [-0.05, 0) is 23.8 Å². The van der Waals surface area contributed by atoms with Crippen molar-refractivity contribution in [3.63, 3.8) is 0 Å². The first-order chi connectivity index (χ1) is 11.8. The van der Waals surface area contributed by atoms with Crippen molar-refractivity contribution < 1.29 is 4.79 Å². The molecule has 1 N–H and O–H groups in total. The van der Waals surface area contributed by atoms with Crippen LogP contribution in [0.15, 0.2) is 54.3 Å². The maximum absolute atomic E-state index is 13.1. The molecule has 0 saturated carbocycles. The molecule has 1 aliphatic carbocycles. The van der Waals surface area contributed by atoms with Crippen molar-refractivity contribution in [2.24, 2.45) is 10.8 Å². The molecule has 2 atom stereocenters. The normalized spacial score (nSPS) is 28.0. The van der Waals surface area contributed by atoms with Gasteiger partial charge >= 0.3 is 0 Å². The molecule has 4 heteroatoms. The average Bonchev–Trinajstić information content (AvgIpc) is 2.55. The van der Waals surface area contributed by atoms with Gasteiger partial charge < -0.3 is 5.32 Å². The summed E-state index contributed by atoms with van der Waals surface area (Å²) in [5.41, 5.74) is 1.48. The number of Topliss-reactive ketones (excluding diaryl/α,β-unsaturated/α-hetero) is 1. The summed E-state index contributed by atoms with van der Waals surface area (Å²) in [6.07, 6.45) is 3.37. The first-order valence-corrected chi connectivity index (χ1v) is 8.90. The topological polar surface area (TPSA) is 52.9 Å². The molecule has 0 unspecified atom stereocenters. The molecule has 1 aromatic rings. The second-order valence-corrected chi connectivity index (χ2v) is 8.12.